The van der Waals surface area contributed by atoms with Gasteiger partial charge in [-0.3, -0.25) is 14.3 Å². The third-order valence-corrected chi connectivity index (χ3v) is 3.21. The minimum absolute atomic E-state index is 0.0637. The maximum atomic E-state index is 12.4. The van der Waals surface area contributed by atoms with E-state index in [0.29, 0.717) is 23.1 Å². The summed E-state index contributed by atoms with van der Waals surface area (Å²) in [7, 11) is 0. The summed E-state index contributed by atoms with van der Waals surface area (Å²) in [6, 6.07) is 9.06. The van der Waals surface area contributed by atoms with Gasteiger partial charge in [0.15, 0.2) is 0 Å². The van der Waals surface area contributed by atoms with Crippen molar-refractivity contribution in [2.75, 3.05) is 5.73 Å². The third-order valence-electron chi connectivity index (χ3n) is 3.21. The normalized spacial score (nSPS) is 10.8. The second-order valence-electron chi connectivity index (χ2n) is 4.63. The van der Waals surface area contributed by atoms with Gasteiger partial charge in [-0.25, -0.2) is 4.98 Å². The van der Waals surface area contributed by atoms with Crippen LogP contribution in [-0.4, -0.2) is 14.5 Å². The number of rotatable bonds is 3. The molecule has 0 unspecified atom stereocenters. The molecule has 1 aromatic carbocycles. The Morgan fingerprint density at radius 2 is 2.15 bits per heavy atom. The maximum absolute atomic E-state index is 12.4. The predicted molar refractivity (Wildman–Crippen MR) is 78.4 cm³/mol. The van der Waals surface area contributed by atoms with Gasteiger partial charge in [0, 0.05) is 24.6 Å². The Kier molecular flexibility index (Phi) is 3.16. The van der Waals surface area contributed by atoms with Crippen LogP contribution >= 0.6 is 0 Å². The fraction of sp³-hybridized carbons (Fsp3) is 0.133. The van der Waals surface area contributed by atoms with Crippen LogP contribution in [0.3, 0.4) is 0 Å². The second-order valence-corrected chi connectivity index (χ2v) is 4.63. The first kappa shape index (κ1) is 12.3. The van der Waals surface area contributed by atoms with Crippen LogP contribution in [0.4, 0.5) is 5.69 Å². The zero-order chi connectivity index (χ0) is 13.9. The molecule has 3 rings (SSSR count). The molecule has 2 aromatic heterocycles. The Labute approximate surface area is 115 Å². The molecule has 0 saturated carbocycles. The molecule has 0 atom stereocenters. The molecule has 100 valence electrons. The monoisotopic (exact) mass is 266 g/mol. The van der Waals surface area contributed by atoms with E-state index in [2.05, 4.69) is 9.97 Å². The molecule has 0 spiro atoms. The van der Waals surface area contributed by atoms with Gasteiger partial charge in [-0.2, -0.15) is 0 Å². The van der Waals surface area contributed by atoms with E-state index >= 15 is 0 Å². The summed E-state index contributed by atoms with van der Waals surface area (Å²) in [6.45, 7) is 0.572. The van der Waals surface area contributed by atoms with E-state index in [1.165, 1.54) is 0 Å². The Morgan fingerprint density at radius 3 is 2.95 bits per heavy atom. The number of pyridine rings is 1. The third kappa shape index (κ3) is 2.38. The molecule has 0 aliphatic heterocycles. The Hall–Kier alpha value is -2.69. The minimum Gasteiger partial charge on any atom is -0.399 e. The quantitative estimate of drug-likeness (QED) is 0.731. The van der Waals surface area contributed by atoms with Crippen molar-refractivity contribution >= 4 is 16.6 Å². The van der Waals surface area contributed by atoms with Crippen molar-refractivity contribution in [2.24, 2.45) is 0 Å². The van der Waals surface area contributed by atoms with Crippen LogP contribution in [0, 0.1) is 0 Å². The van der Waals surface area contributed by atoms with Gasteiger partial charge in [0.1, 0.15) is 0 Å². The predicted octanol–water partition coefficient (Wildman–Crippen LogP) is 1.62. The minimum atomic E-state index is -0.0637. The molecule has 3 aromatic rings. The van der Waals surface area contributed by atoms with Crippen molar-refractivity contribution in [1.29, 1.82) is 0 Å². The molecule has 0 aliphatic rings. The number of fused-ring (bicyclic) bond motifs is 1. The molecular weight excluding hydrogens is 252 g/mol. The average Bonchev–Trinajstić information content (AvgIpc) is 2.48. The van der Waals surface area contributed by atoms with Gasteiger partial charge >= 0.3 is 0 Å². The van der Waals surface area contributed by atoms with Crippen molar-refractivity contribution in [3.05, 3.63) is 65.0 Å². The van der Waals surface area contributed by atoms with Crippen LogP contribution in [0.25, 0.3) is 10.9 Å². The van der Waals surface area contributed by atoms with Gasteiger partial charge in [-0.1, -0.05) is 6.07 Å². The number of benzene rings is 1. The lowest BCUT2D eigenvalue weighted by Gasteiger charge is -2.07. The standard InChI is InChI=1S/C15H14N4O/c16-12-3-4-14-13(8-12)15(20)19(10-18-14)7-5-11-2-1-6-17-9-11/h1-4,6,8-10H,5,7,16H2. The van der Waals surface area contributed by atoms with Crippen molar-refractivity contribution in [1.82, 2.24) is 14.5 Å². The summed E-state index contributed by atoms with van der Waals surface area (Å²) < 4.78 is 1.61. The average molecular weight is 266 g/mol. The fourth-order valence-electron chi connectivity index (χ4n) is 2.13. The molecule has 20 heavy (non-hydrogen) atoms. The SMILES string of the molecule is Nc1ccc2ncn(CCc3cccnc3)c(=O)c2c1. The Balaban J connectivity index is 1.92. The number of hydrogen-bond donors (Lipinski definition) is 1. The summed E-state index contributed by atoms with van der Waals surface area (Å²) in [6.07, 6.45) is 5.86. The number of aryl methyl sites for hydroxylation is 2. The maximum Gasteiger partial charge on any atom is 0.261 e. The van der Waals surface area contributed by atoms with Crippen LogP contribution in [0.5, 0.6) is 0 Å². The number of hydrogen-bond acceptors (Lipinski definition) is 4. The summed E-state index contributed by atoms with van der Waals surface area (Å²) in [4.78, 5) is 20.7. The molecule has 2 N–H and O–H groups in total. The van der Waals surface area contributed by atoms with E-state index in [9.17, 15) is 4.79 Å². The van der Waals surface area contributed by atoms with Gasteiger partial charge in [-0.15, -0.1) is 0 Å². The highest BCUT2D eigenvalue weighted by Crippen LogP contribution is 2.11. The van der Waals surface area contributed by atoms with E-state index in [1.54, 1.807) is 41.5 Å². The molecule has 0 bridgehead atoms. The highest BCUT2D eigenvalue weighted by molar-refractivity contribution is 5.80. The van der Waals surface area contributed by atoms with E-state index < -0.39 is 0 Å². The lowest BCUT2D eigenvalue weighted by atomic mass is 10.2. The van der Waals surface area contributed by atoms with E-state index in [-0.39, 0.29) is 5.56 Å². The number of nitrogens with zero attached hydrogens (tertiary/aromatic N) is 3. The van der Waals surface area contributed by atoms with Crippen molar-refractivity contribution < 1.29 is 0 Å². The topological polar surface area (TPSA) is 73.8 Å². The number of aromatic nitrogens is 3. The van der Waals surface area contributed by atoms with E-state index in [0.717, 1.165) is 12.0 Å². The van der Waals surface area contributed by atoms with Crippen LogP contribution in [0.2, 0.25) is 0 Å². The molecule has 5 nitrogen and oxygen atoms in total. The largest absolute Gasteiger partial charge is 0.399 e. The van der Waals surface area contributed by atoms with Crippen LogP contribution in [0.1, 0.15) is 5.56 Å². The first-order valence-corrected chi connectivity index (χ1v) is 6.37. The first-order valence-electron chi connectivity index (χ1n) is 6.37. The molecule has 0 fully saturated rings. The van der Waals surface area contributed by atoms with Crippen molar-refractivity contribution in [3.8, 4) is 0 Å². The molecule has 2 heterocycles. The van der Waals surface area contributed by atoms with Crippen LogP contribution in [-0.2, 0) is 13.0 Å². The van der Waals surface area contributed by atoms with Gasteiger partial charge in [-0.05, 0) is 36.2 Å². The lowest BCUT2D eigenvalue weighted by molar-refractivity contribution is 0.661. The number of nitrogen functional groups attached to an aromatic ring is 1. The second kappa shape index (κ2) is 5.13. The Bertz CT molecular complexity index is 796. The zero-order valence-electron chi connectivity index (χ0n) is 10.9. The van der Waals surface area contributed by atoms with Gasteiger partial charge < -0.3 is 5.73 Å². The smallest absolute Gasteiger partial charge is 0.261 e. The molecule has 0 saturated heterocycles. The van der Waals surface area contributed by atoms with Crippen molar-refractivity contribution in [2.45, 2.75) is 13.0 Å². The van der Waals surface area contributed by atoms with Gasteiger partial charge in [0.2, 0.25) is 0 Å². The summed E-state index contributed by atoms with van der Waals surface area (Å²) in [5.41, 5.74) is 7.99. The van der Waals surface area contributed by atoms with Crippen LogP contribution in [0.15, 0.2) is 53.8 Å². The zero-order valence-corrected chi connectivity index (χ0v) is 10.9. The molecular formula is C15H14N4O. The van der Waals surface area contributed by atoms with Crippen LogP contribution < -0.4 is 11.3 Å². The molecule has 0 amide bonds. The summed E-state index contributed by atoms with van der Waals surface area (Å²) in [5, 5.41) is 0.554. The Morgan fingerprint density at radius 1 is 1.25 bits per heavy atom. The summed E-state index contributed by atoms with van der Waals surface area (Å²) in [5.74, 6) is 0. The summed E-state index contributed by atoms with van der Waals surface area (Å²) >= 11 is 0. The van der Waals surface area contributed by atoms with E-state index in [4.69, 9.17) is 5.73 Å². The molecule has 5 heteroatoms. The van der Waals surface area contributed by atoms with E-state index in [1.807, 2.05) is 12.1 Å². The van der Waals surface area contributed by atoms with Gasteiger partial charge in [0.05, 0.1) is 17.2 Å². The molecule has 0 radical (unpaired) electrons. The van der Waals surface area contributed by atoms with Gasteiger partial charge in [0.25, 0.3) is 5.56 Å². The number of anilines is 1. The van der Waals surface area contributed by atoms with Crippen molar-refractivity contribution in [3.63, 3.8) is 0 Å². The highest BCUT2D eigenvalue weighted by Gasteiger charge is 2.04. The first-order chi connectivity index (χ1) is 9.74. The number of nitrogens with two attached hydrogens (primary N) is 1. The molecule has 0 aliphatic carbocycles. The highest BCUT2D eigenvalue weighted by atomic mass is 16.1. The fourth-order valence-corrected chi connectivity index (χ4v) is 2.13. The lowest BCUT2D eigenvalue weighted by Crippen LogP contribution is -2.21.